The molecule has 1 aromatic carbocycles. The monoisotopic (exact) mass is 397 g/mol. The summed E-state index contributed by atoms with van der Waals surface area (Å²) in [6.07, 6.45) is 1.52. The average Bonchev–Trinajstić information content (AvgIpc) is 2.85. The van der Waals surface area contributed by atoms with Crippen molar-refractivity contribution < 1.29 is 18.7 Å². The van der Waals surface area contributed by atoms with Gasteiger partial charge in [-0.2, -0.15) is 0 Å². The van der Waals surface area contributed by atoms with E-state index in [1.54, 1.807) is 12.0 Å². The molecule has 1 atom stereocenters. The molecule has 3 rings (SSSR count). The molecular weight excluding hydrogens is 373 g/mol. The number of hydrogen-bond acceptors (Lipinski definition) is 4. The number of nitrogens with zero attached hydrogens (tertiary/aromatic N) is 3. The van der Waals surface area contributed by atoms with E-state index >= 15 is 0 Å². The van der Waals surface area contributed by atoms with Crippen LogP contribution in [0.25, 0.3) is 0 Å². The van der Waals surface area contributed by atoms with E-state index in [0.717, 1.165) is 25.9 Å². The summed E-state index contributed by atoms with van der Waals surface area (Å²) in [7, 11) is 1.63. The molecular formula is C19H25ClFN3O3. The van der Waals surface area contributed by atoms with Gasteiger partial charge in [-0.3, -0.25) is 14.5 Å². The minimum atomic E-state index is -0.603. The summed E-state index contributed by atoms with van der Waals surface area (Å²) in [6.45, 7) is 4.17. The van der Waals surface area contributed by atoms with Crippen molar-refractivity contribution in [2.24, 2.45) is 0 Å². The summed E-state index contributed by atoms with van der Waals surface area (Å²) in [5, 5.41) is 0.126. The van der Waals surface area contributed by atoms with Crippen LogP contribution in [-0.4, -0.2) is 85.5 Å². The lowest BCUT2D eigenvalue weighted by Crippen LogP contribution is -2.44. The smallest absolute Gasteiger partial charge is 0.258 e. The molecule has 2 saturated heterocycles. The molecule has 1 aromatic rings. The molecule has 2 amide bonds. The van der Waals surface area contributed by atoms with Crippen molar-refractivity contribution in [3.8, 4) is 0 Å². The Balaban J connectivity index is 1.63. The number of carbonyl (C=O) groups excluding carboxylic acids is 2. The molecule has 0 bridgehead atoms. The third-order valence-electron chi connectivity index (χ3n) is 5.27. The molecule has 0 N–H and O–H groups in total. The van der Waals surface area contributed by atoms with Gasteiger partial charge in [0.25, 0.3) is 5.91 Å². The first-order valence-corrected chi connectivity index (χ1v) is 9.65. The van der Waals surface area contributed by atoms with Crippen molar-refractivity contribution in [3.05, 3.63) is 34.6 Å². The predicted octanol–water partition coefficient (Wildman–Crippen LogP) is 1.87. The first-order chi connectivity index (χ1) is 13.0. The van der Waals surface area contributed by atoms with Gasteiger partial charge in [0.05, 0.1) is 23.2 Å². The van der Waals surface area contributed by atoms with Crippen molar-refractivity contribution in [2.45, 2.75) is 18.9 Å². The van der Waals surface area contributed by atoms with E-state index in [2.05, 4.69) is 4.90 Å². The Morgan fingerprint density at radius 3 is 2.81 bits per heavy atom. The number of ether oxygens (including phenoxy) is 1. The highest BCUT2D eigenvalue weighted by Crippen LogP contribution is 2.23. The van der Waals surface area contributed by atoms with Crippen LogP contribution in [0.4, 0.5) is 4.39 Å². The standard InChI is InChI=1S/C19H25ClFN3O3/c1-27-13-12-24-9-6-16(18(24)25)22-7-3-8-23(11-10-22)19(26)17-14(20)4-2-5-15(17)21/h2,4-5,16H,3,6-13H2,1H3/t16-/m0/s1. The Hall–Kier alpha value is -1.70. The zero-order valence-electron chi connectivity index (χ0n) is 15.5. The van der Waals surface area contributed by atoms with E-state index in [4.69, 9.17) is 16.3 Å². The lowest BCUT2D eigenvalue weighted by Gasteiger charge is -2.26. The first kappa shape index (κ1) is 20.0. The minimum absolute atomic E-state index is 0.0738. The average molecular weight is 398 g/mol. The number of likely N-dealkylation sites (tertiary alicyclic amines) is 1. The number of hydrogen-bond donors (Lipinski definition) is 0. The summed E-state index contributed by atoms with van der Waals surface area (Å²) < 4.78 is 19.1. The molecule has 27 heavy (non-hydrogen) atoms. The van der Waals surface area contributed by atoms with Crippen LogP contribution < -0.4 is 0 Å². The lowest BCUT2D eigenvalue weighted by molar-refractivity contribution is -0.132. The highest BCUT2D eigenvalue weighted by Gasteiger charge is 2.36. The number of benzene rings is 1. The fraction of sp³-hybridized carbons (Fsp3) is 0.579. The Morgan fingerprint density at radius 1 is 1.26 bits per heavy atom. The highest BCUT2D eigenvalue weighted by molar-refractivity contribution is 6.33. The summed E-state index contributed by atoms with van der Waals surface area (Å²) in [4.78, 5) is 31.0. The van der Waals surface area contributed by atoms with Gasteiger partial charge in [0.2, 0.25) is 5.91 Å². The van der Waals surface area contributed by atoms with E-state index in [0.29, 0.717) is 32.8 Å². The van der Waals surface area contributed by atoms with Crippen LogP contribution in [0, 0.1) is 5.82 Å². The molecule has 2 fully saturated rings. The summed E-state index contributed by atoms with van der Waals surface area (Å²) >= 11 is 6.04. The van der Waals surface area contributed by atoms with Crippen molar-refractivity contribution in [3.63, 3.8) is 0 Å². The summed E-state index contributed by atoms with van der Waals surface area (Å²) in [5.74, 6) is -0.864. The maximum atomic E-state index is 14.1. The second kappa shape index (κ2) is 8.99. The zero-order valence-corrected chi connectivity index (χ0v) is 16.3. The topological polar surface area (TPSA) is 53.1 Å². The molecule has 6 nitrogen and oxygen atoms in total. The number of amides is 2. The van der Waals surface area contributed by atoms with Crippen LogP contribution >= 0.6 is 11.6 Å². The molecule has 2 heterocycles. The Morgan fingerprint density at radius 2 is 2.07 bits per heavy atom. The third-order valence-corrected chi connectivity index (χ3v) is 5.58. The van der Waals surface area contributed by atoms with Crippen LogP contribution in [0.2, 0.25) is 5.02 Å². The minimum Gasteiger partial charge on any atom is -0.383 e. The molecule has 0 unspecified atom stereocenters. The second-order valence-corrected chi connectivity index (χ2v) is 7.31. The third kappa shape index (κ3) is 4.42. The van der Waals surface area contributed by atoms with Crippen LogP contribution in [0.1, 0.15) is 23.2 Å². The molecule has 0 saturated carbocycles. The van der Waals surface area contributed by atoms with E-state index in [1.165, 1.54) is 18.2 Å². The second-order valence-electron chi connectivity index (χ2n) is 6.90. The summed E-state index contributed by atoms with van der Waals surface area (Å²) in [6, 6.07) is 4.11. The number of rotatable bonds is 5. The number of methoxy groups -OCH3 is 1. The quantitative estimate of drug-likeness (QED) is 0.761. The van der Waals surface area contributed by atoms with Crippen molar-refractivity contribution in [2.75, 3.05) is 53.0 Å². The van der Waals surface area contributed by atoms with Gasteiger partial charge in [0, 0.05) is 46.4 Å². The largest absolute Gasteiger partial charge is 0.383 e. The number of carbonyl (C=O) groups is 2. The fourth-order valence-corrected chi connectivity index (χ4v) is 4.04. The Kier molecular flexibility index (Phi) is 6.68. The van der Waals surface area contributed by atoms with Gasteiger partial charge in [-0.05, 0) is 25.0 Å². The van der Waals surface area contributed by atoms with Crippen LogP contribution in [0.5, 0.6) is 0 Å². The van der Waals surface area contributed by atoms with Gasteiger partial charge in [0.15, 0.2) is 0 Å². The van der Waals surface area contributed by atoms with Crippen molar-refractivity contribution in [1.29, 1.82) is 0 Å². The zero-order chi connectivity index (χ0) is 19.4. The molecule has 0 radical (unpaired) electrons. The molecule has 2 aliphatic rings. The van der Waals surface area contributed by atoms with Crippen molar-refractivity contribution in [1.82, 2.24) is 14.7 Å². The van der Waals surface area contributed by atoms with Crippen molar-refractivity contribution >= 4 is 23.4 Å². The highest BCUT2D eigenvalue weighted by atomic mass is 35.5. The Bertz CT molecular complexity index is 683. The molecule has 2 aliphatic heterocycles. The maximum Gasteiger partial charge on any atom is 0.258 e. The van der Waals surface area contributed by atoms with E-state index < -0.39 is 5.82 Å². The van der Waals surface area contributed by atoms with Crippen LogP contribution in [0.15, 0.2) is 18.2 Å². The predicted molar refractivity (Wildman–Crippen MR) is 100 cm³/mol. The van der Waals surface area contributed by atoms with E-state index in [1.807, 2.05) is 4.90 Å². The van der Waals surface area contributed by atoms with E-state index in [9.17, 15) is 14.0 Å². The van der Waals surface area contributed by atoms with Crippen LogP contribution in [-0.2, 0) is 9.53 Å². The van der Waals surface area contributed by atoms with Crippen LogP contribution in [0.3, 0.4) is 0 Å². The normalized spacial score (nSPS) is 21.6. The maximum absolute atomic E-state index is 14.1. The van der Waals surface area contributed by atoms with Gasteiger partial charge >= 0.3 is 0 Å². The van der Waals surface area contributed by atoms with E-state index in [-0.39, 0.29) is 28.4 Å². The molecule has 0 aliphatic carbocycles. The fourth-order valence-electron chi connectivity index (χ4n) is 3.80. The van der Waals surface area contributed by atoms with Gasteiger partial charge in [0.1, 0.15) is 5.82 Å². The Labute approximate surface area is 163 Å². The van der Waals surface area contributed by atoms with Gasteiger partial charge < -0.3 is 14.5 Å². The summed E-state index contributed by atoms with van der Waals surface area (Å²) in [5.41, 5.74) is -0.0738. The molecule has 0 spiro atoms. The number of halogens is 2. The first-order valence-electron chi connectivity index (χ1n) is 9.28. The van der Waals surface area contributed by atoms with Gasteiger partial charge in [-0.25, -0.2) is 4.39 Å². The molecule has 0 aromatic heterocycles. The molecule has 8 heteroatoms. The van der Waals surface area contributed by atoms with Gasteiger partial charge in [-0.1, -0.05) is 17.7 Å². The lowest BCUT2D eigenvalue weighted by atomic mass is 10.1. The SMILES string of the molecule is COCCN1CC[C@H](N2CCCN(C(=O)c3c(F)cccc3Cl)CC2)C1=O. The van der Waals surface area contributed by atoms with Gasteiger partial charge in [-0.15, -0.1) is 0 Å². The molecule has 148 valence electrons.